The molecule has 5 nitrogen and oxygen atoms in total. The average molecular weight is 375 g/mol. The van der Waals surface area contributed by atoms with E-state index < -0.39 is 0 Å². The van der Waals surface area contributed by atoms with E-state index in [1.807, 2.05) is 43.3 Å². The van der Waals surface area contributed by atoms with Gasteiger partial charge in [-0.15, -0.1) is 0 Å². The summed E-state index contributed by atoms with van der Waals surface area (Å²) in [5.41, 5.74) is 5.21. The first-order chi connectivity index (χ1) is 13.5. The molecule has 0 atom stereocenters. The van der Waals surface area contributed by atoms with Gasteiger partial charge in [-0.25, -0.2) is 0 Å². The monoisotopic (exact) mass is 375 g/mol. The van der Waals surface area contributed by atoms with E-state index in [0.29, 0.717) is 17.1 Å². The molecule has 0 bridgehead atoms. The zero-order valence-electron chi connectivity index (χ0n) is 16.7. The number of hydrogen-bond acceptors (Lipinski definition) is 4. The Labute approximate surface area is 166 Å². The second kappa shape index (κ2) is 8.57. The molecule has 3 rings (SSSR count). The van der Waals surface area contributed by atoms with Crippen molar-refractivity contribution in [3.8, 4) is 5.75 Å². The van der Waals surface area contributed by atoms with Gasteiger partial charge in [-0.2, -0.15) is 0 Å². The highest BCUT2D eigenvalue weighted by atomic mass is 16.5. The summed E-state index contributed by atoms with van der Waals surface area (Å²) in [5, 5.41) is 2.91. The van der Waals surface area contributed by atoms with Crippen LogP contribution in [0, 0.1) is 13.8 Å². The van der Waals surface area contributed by atoms with Crippen LogP contribution in [0.1, 0.15) is 28.5 Å². The van der Waals surface area contributed by atoms with Gasteiger partial charge in [-0.1, -0.05) is 18.2 Å². The molecule has 0 saturated heterocycles. The quantitative estimate of drug-likeness (QED) is 0.650. The Kier molecular flexibility index (Phi) is 5.94. The second-order valence-corrected chi connectivity index (χ2v) is 6.64. The number of pyridine rings is 1. The summed E-state index contributed by atoms with van der Waals surface area (Å²) in [5.74, 6) is 0.344. The Hall–Kier alpha value is -3.34. The van der Waals surface area contributed by atoms with Crippen LogP contribution in [0.5, 0.6) is 5.75 Å². The Bertz CT molecular complexity index is 985. The van der Waals surface area contributed by atoms with Crippen LogP contribution in [0.3, 0.4) is 0 Å². The molecular weight excluding hydrogens is 350 g/mol. The van der Waals surface area contributed by atoms with Crippen LogP contribution in [-0.4, -0.2) is 24.5 Å². The molecule has 28 heavy (non-hydrogen) atoms. The maximum Gasteiger partial charge on any atom is 0.274 e. The fourth-order valence-electron chi connectivity index (χ4n) is 3.13. The first-order valence-electron chi connectivity index (χ1n) is 9.28. The van der Waals surface area contributed by atoms with Crippen molar-refractivity contribution in [2.24, 2.45) is 0 Å². The molecule has 1 aromatic heterocycles. The number of anilines is 3. The van der Waals surface area contributed by atoms with Crippen LogP contribution in [0.25, 0.3) is 0 Å². The fraction of sp³-hybridized carbons (Fsp3) is 0.217. The Balaban J connectivity index is 1.88. The minimum atomic E-state index is -0.272. The van der Waals surface area contributed by atoms with Gasteiger partial charge >= 0.3 is 0 Å². The second-order valence-electron chi connectivity index (χ2n) is 6.64. The van der Waals surface area contributed by atoms with Gasteiger partial charge in [0.1, 0.15) is 11.4 Å². The van der Waals surface area contributed by atoms with Crippen molar-refractivity contribution in [3.63, 3.8) is 0 Å². The lowest BCUT2D eigenvalue weighted by Crippen LogP contribution is -2.19. The molecule has 1 amide bonds. The standard InChI is InChI=1S/C23H25N3O2/c1-5-26(18-8-6-7-16(2)13-18)19-11-12-24-21(15-19)23(27)25-20-14-17(3)9-10-22(20)28-4/h6-15H,5H2,1-4H3,(H,25,27). The maximum atomic E-state index is 12.8. The number of rotatable bonds is 6. The number of nitrogens with zero attached hydrogens (tertiary/aromatic N) is 2. The predicted molar refractivity (Wildman–Crippen MR) is 114 cm³/mol. The third-order valence-electron chi connectivity index (χ3n) is 4.52. The van der Waals surface area contributed by atoms with E-state index in [9.17, 15) is 4.79 Å². The van der Waals surface area contributed by atoms with Crippen molar-refractivity contribution in [1.82, 2.24) is 4.98 Å². The number of hydrogen-bond donors (Lipinski definition) is 1. The summed E-state index contributed by atoms with van der Waals surface area (Å²) in [7, 11) is 1.58. The summed E-state index contributed by atoms with van der Waals surface area (Å²) < 4.78 is 5.34. The van der Waals surface area contributed by atoms with E-state index >= 15 is 0 Å². The highest BCUT2D eigenvalue weighted by Gasteiger charge is 2.14. The molecule has 1 heterocycles. The van der Waals surface area contributed by atoms with Gasteiger partial charge in [-0.05, 0) is 68.3 Å². The highest BCUT2D eigenvalue weighted by molar-refractivity contribution is 6.04. The number of benzene rings is 2. The number of amides is 1. The van der Waals surface area contributed by atoms with Crippen molar-refractivity contribution in [1.29, 1.82) is 0 Å². The van der Waals surface area contributed by atoms with E-state index in [-0.39, 0.29) is 5.91 Å². The lowest BCUT2D eigenvalue weighted by Gasteiger charge is -2.24. The van der Waals surface area contributed by atoms with Gasteiger partial charge in [0, 0.05) is 24.1 Å². The molecule has 0 aliphatic rings. The molecule has 144 valence electrons. The van der Waals surface area contributed by atoms with Crippen LogP contribution in [0.4, 0.5) is 17.1 Å². The highest BCUT2D eigenvalue weighted by Crippen LogP contribution is 2.28. The van der Waals surface area contributed by atoms with E-state index in [1.165, 1.54) is 5.56 Å². The van der Waals surface area contributed by atoms with Crippen LogP contribution in [0.2, 0.25) is 0 Å². The van der Waals surface area contributed by atoms with E-state index in [0.717, 1.165) is 23.5 Å². The largest absolute Gasteiger partial charge is 0.495 e. The maximum absolute atomic E-state index is 12.8. The third kappa shape index (κ3) is 4.31. The molecule has 3 aromatic rings. The number of methoxy groups -OCH3 is 1. The van der Waals surface area contributed by atoms with Crippen molar-refractivity contribution in [2.75, 3.05) is 23.9 Å². The number of nitrogens with one attached hydrogen (secondary N) is 1. The summed E-state index contributed by atoms with van der Waals surface area (Å²) in [4.78, 5) is 19.2. The van der Waals surface area contributed by atoms with Crippen molar-refractivity contribution < 1.29 is 9.53 Å². The van der Waals surface area contributed by atoms with E-state index in [1.54, 1.807) is 13.3 Å². The molecule has 0 unspecified atom stereocenters. The van der Waals surface area contributed by atoms with Crippen molar-refractivity contribution >= 4 is 23.0 Å². The number of carbonyl (C=O) groups is 1. The molecular formula is C23H25N3O2. The first-order valence-corrected chi connectivity index (χ1v) is 9.28. The Morgan fingerprint density at radius 2 is 1.79 bits per heavy atom. The summed E-state index contributed by atoms with van der Waals surface area (Å²) in [6.07, 6.45) is 1.66. The van der Waals surface area contributed by atoms with Crippen LogP contribution in [-0.2, 0) is 0 Å². The van der Waals surface area contributed by atoms with Crippen molar-refractivity contribution in [3.05, 3.63) is 77.6 Å². The third-order valence-corrected chi connectivity index (χ3v) is 4.52. The SMILES string of the molecule is CCN(c1cccc(C)c1)c1ccnc(C(=O)Nc2cc(C)ccc2OC)c1. The lowest BCUT2D eigenvalue weighted by molar-refractivity contribution is 0.102. The molecule has 0 aliphatic heterocycles. The van der Waals surface area contributed by atoms with Crippen LogP contribution < -0.4 is 15.0 Å². The molecule has 0 aliphatic carbocycles. The van der Waals surface area contributed by atoms with Gasteiger partial charge in [0.05, 0.1) is 12.8 Å². The van der Waals surface area contributed by atoms with Gasteiger partial charge in [0.25, 0.3) is 5.91 Å². The molecule has 1 N–H and O–H groups in total. The number of aromatic nitrogens is 1. The molecule has 0 fully saturated rings. The topological polar surface area (TPSA) is 54.5 Å². The predicted octanol–water partition coefficient (Wildman–Crippen LogP) is 5.12. The van der Waals surface area contributed by atoms with Crippen molar-refractivity contribution in [2.45, 2.75) is 20.8 Å². The first kappa shape index (κ1) is 19.4. The molecule has 5 heteroatoms. The molecule has 0 radical (unpaired) electrons. The van der Waals surface area contributed by atoms with E-state index in [2.05, 4.69) is 47.2 Å². The number of ether oxygens (including phenoxy) is 1. The van der Waals surface area contributed by atoms with Gasteiger partial charge in [0.15, 0.2) is 0 Å². The number of aryl methyl sites for hydroxylation is 2. The fourth-order valence-corrected chi connectivity index (χ4v) is 3.13. The molecule has 0 spiro atoms. The zero-order valence-corrected chi connectivity index (χ0v) is 16.7. The minimum Gasteiger partial charge on any atom is -0.495 e. The van der Waals surface area contributed by atoms with Gasteiger partial charge < -0.3 is 15.0 Å². The van der Waals surface area contributed by atoms with Crippen LogP contribution >= 0.6 is 0 Å². The van der Waals surface area contributed by atoms with E-state index in [4.69, 9.17) is 4.74 Å². The smallest absolute Gasteiger partial charge is 0.274 e. The molecule has 2 aromatic carbocycles. The van der Waals surface area contributed by atoms with Gasteiger partial charge in [0.2, 0.25) is 0 Å². The Morgan fingerprint density at radius 3 is 2.50 bits per heavy atom. The summed E-state index contributed by atoms with van der Waals surface area (Å²) in [6.45, 7) is 6.90. The zero-order chi connectivity index (χ0) is 20.1. The summed E-state index contributed by atoms with van der Waals surface area (Å²) in [6, 6.07) is 17.7. The molecule has 0 saturated carbocycles. The van der Waals surface area contributed by atoms with Crippen LogP contribution in [0.15, 0.2) is 60.8 Å². The Morgan fingerprint density at radius 1 is 1.04 bits per heavy atom. The summed E-state index contributed by atoms with van der Waals surface area (Å²) >= 11 is 0. The average Bonchev–Trinajstić information content (AvgIpc) is 2.69. The minimum absolute atomic E-state index is 0.272. The number of carbonyl (C=O) groups excluding carboxylic acids is 1. The van der Waals surface area contributed by atoms with Gasteiger partial charge in [-0.3, -0.25) is 9.78 Å². The lowest BCUT2D eigenvalue weighted by atomic mass is 10.2. The normalized spacial score (nSPS) is 10.4.